The summed E-state index contributed by atoms with van der Waals surface area (Å²) in [6.45, 7) is 4.75. The van der Waals surface area contributed by atoms with E-state index in [0.717, 1.165) is 67.9 Å². The lowest BCUT2D eigenvalue weighted by Crippen LogP contribution is -2.32. The van der Waals surface area contributed by atoms with Gasteiger partial charge in [0.2, 0.25) is 0 Å². The number of fused-ring (bicyclic) bond motifs is 21. The molecule has 0 fully saturated rings. The van der Waals surface area contributed by atoms with Crippen LogP contribution in [0.15, 0.2) is 249 Å². The van der Waals surface area contributed by atoms with Crippen molar-refractivity contribution < 1.29 is 9.47 Å². The summed E-state index contributed by atoms with van der Waals surface area (Å²) in [5.74, 6) is 3.55. The van der Waals surface area contributed by atoms with E-state index in [4.69, 9.17) is 9.47 Å². The highest BCUT2D eigenvalue weighted by atomic mass is 16.5. The van der Waals surface area contributed by atoms with Crippen molar-refractivity contribution in [2.75, 3.05) is 4.90 Å². The highest BCUT2D eigenvalue weighted by molar-refractivity contribution is 6.01. The van der Waals surface area contributed by atoms with E-state index in [1.54, 1.807) is 0 Å². The Morgan fingerprint density at radius 2 is 0.689 bits per heavy atom. The third kappa shape index (κ3) is 5.20. The van der Waals surface area contributed by atoms with Crippen molar-refractivity contribution in [3.05, 3.63) is 304 Å². The number of para-hydroxylation sites is 4. The molecule has 0 saturated heterocycles. The van der Waals surface area contributed by atoms with Gasteiger partial charge >= 0.3 is 0 Å². The molecular formula is C71H47NO2. The van der Waals surface area contributed by atoms with Crippen LogP contribution in [0.25, 0.3) is 44.5 Å². The van der Waals surface area contributed by atoms with Gasteiger partial charge in [-0.2, -0.15) is 0 Å². The second-order valence-electron chi connectivity index (χ2n) is 21.0. The number of hydrogen-bond acceptors (Lipinski definition) is 3. The van der Waals surface area contributed by atoms with Gasteiger partial charge in [-0.15, -0.1) is 0 Å². The lowest BCUT2D eigenvalue weighted by atomic mass is 9.66. The van der Waals surface area contributed by atoms with Gasteiger partial charge in [-0.05, 0) is 127 Å². The fraction of sp³-hybridized carbons (Fsp3) is 0.0704. The summed E-state index contributed by atoms with van der Waals surface area (Å²) < 4.78 is 13.5. The number of ether oxygens (including phenoxy) is 2. The third-order valence-electron chi connectivity index (χ3n) is 17.2. The van der Waals surface area contributed by atoms with Gasteiger partial charge in [0.1, 0.15) is 23.0 Å². The van der Waals surface area contributed by atoms with Crippen LogP contribution < -0.4 is 14.4 Å². The third-order valence-corrected chi connectivity index (χ3v) is 17.2. The monoisotopic (exact) mass is 945 g/mol. The molecule has 11 aromatic carbocycles. The van der Waals surface area contributed by atoms with Crippen LogP contribution in [0.1, 0.15) is 69.5 Å². The normalized spacial score (nSPS) is 15.2. The molecule has 5 aliphatic rings. The minimum Gasteiger partial charge on any atom is -0.457 e. The van der Waals surface area contributed by atoms with Crippen LogP contribution in [-0.2, 0) is 16.2 Å². The summed E-state index contributed by atoms with van der Waals surface area (Å²) in [6.07, 6.45) is 0. The number of rotatable bonds is 4. The summed E-state index contributed by atoms with van der Waals surface area (Å²) in [5, 5.41) is 0. The Balaban J connectivity index is 0.956. The Labute approximate surface area is 431 Å². The molecule has 2 aliphatic heterocycles. The molecule has 11 aromatic rings. The minimum absolute atomic E-state index is 0.199. The lowest BCUT2D eigenvalue weighted by Gasteiger charge is -2.39. The van der Waals surface area contributed by atoms with E-state index >= 15 is 0 Å². The first-order valence-corrected chi connectivity index (χ1v) is 25.8. The van der Waals surface area contributed by atoms with E-state index in [1.807, 2.05) is 0 Å². The predicted molar refractivity (Wildman–Crippen MR) is 299 cm³/mol. The van der Waals surface area contributed by atoms with Gasteiger partial charge in [-0.3, -0.25) is 0 Å². The fourth-order valence-electron chi connectivity index (χ4n) is 14.3. The second-order valence-corrected chi connectivity index (χ2v) is 21.0. The van der Waals surface area contributed by atoms with Crippen molar-refractivity contribution in [1.29, 1.82) is 0 Å². The number of anilines is 3. The molecule has 16 rings (SSSR count). The summed E-state index contributed by atoms with van der Waals surface area (Å²) in [6, 6.07) is 91.9. The summed E-state index contributed by atoms with van der Waals surface area (Å²) >= 11 is 0. The second kappa shape index (κ2) is 14.9. The molecule has 3 nitrogen and oxygen atoms in total. The standard InChI is InChI=1S/C71H47NO2/c1-69(2)52-26-6-3-22-48(52)49-41-40-46(43-61(49)69)72(62-35-19-34-60-68(62)51-24-5-8-28-54(51)71(60)57-31-11-15-38-65(57)74-66-39-16-12-32-58(66)71)45-21-17-20-44(42-45)47-25-18-33-59-67(47)50-23-4-7-27-53(50)70(59)55-29-9-13-36-63(55)73-64-37-14-10-30-56(64)70/h3-43H,1-2H3. The summed E-state index contributed by atoms with van der Waals surface area (Å²) in [7, 11) is 0. The largest absolute Gasteiger partial charge is 0.457 e. The van der Waals surface area contributed by atoms with Crippen molar-refractivity contribution >= 4 is 17.1 Å². The fourth-order valence-corrected chi connectivity index (χ4v) is 14.3. The zero-order valence-corrected chi connectivity index (χ0v) is 40.9. The van der Waals surface area contributed by atoms with Crippen LogP contribution in [0.4, 0.5) is 17.1 Å². The van der Waals surface area contributed by atoms with Crippen LogP contribution >= 0.6 is 0 Å². The van der Waals surface area contributed by atoms with Gasteiger partial charge in [-0.25, -0.2) is 0 Å². The average Bonchev–Trinajstić information content (AvgIpc) is 4.01. The van der Waals surface area contributed by atoms with E-state index in [-0.39, 0.29) is 5.41 Å². The van der Waals surface area contributed by atoms with Crippen molar-refractivity contribution in [2.45, 2.75) is 30.1 Å². The predicted octanol–water partition coefficient (Wildman–Crippen LogP) is 18.1. The number of hydrogen-bond donors (Lipinski definition) is 0. The summed E-state index contributed by atoms with van der Waals surface area (Å²) in [5.41, 5.74) is 24.2. The Morgan fingerprint density at radius 3 is 1.27 bits per heavy atom. The topological polar surface area (TPSA) is 21.7 Å². The molecule has 0 bridgehead atoms. The average molecular weight is 946 g/mol. The molecule has 0 aromatic heterocycles. The molecule has 3 heteroatoms. The molecular weight excluding hydrogens is 899 g/mol. The number of benzene rings is 11. The van der Waals surface area contributed by atoms with Crippen LogP contribution in [0, 0.1) is 0 Å². The van der Waals surface area contributed by atoms with Gasteiger partial charge < -0.3 is 14.4 Å². The maximum Gasteiger partial charge on any atom is 0.132 e. The molecule has 0 N–H and O–H groups in total. The van der Waals surface area contributed by atoms with Gasteiger partial charge in [-0.1, -0.05) is 208 Å². The molecule has 0 saturated carbocycles. The zero-order chi connectivity index (χ0) is 48.9. The van der Waals surface area contributed by atoms with Crippen LogP contribution in [0.2, 0.25) is 0 Å². The Hall–Kier alpha value is -9.18. The van der Waals surface area contributed by atoms with Crippen molar-refractivity contribution in [1.82, 2.24) is 0 Å². The van der Waals surface area contributed by atoms with Crippen molar-refractivity contribution in [3.8, 4) is 67.5 Å². The Morgan fingerprint density at radius 1 is 0.284 bits per heavy atom. The first-order chi connectivity index (χ1) is 36.5. The lowest BCUT2D eigenvalue weighted by molar-refractivity contribution is 0.436. The highest BCUT2D eigenvalue weighted by Crippen LogP contribution is 2.66. The van der Waals surface area contributed by atoms with Crippen LogP contribution in [0.3, 0.4) is 0 Å². The van der Waals surface area contributed by atoms with E-state index in [0.29, 0.717) is 0 Å². The minimum atomic E-state index is -0.613. The first kappa shape index (κ1) is 41.4. The van der Waals surface area contributed by atoms with E-state index in [2.05, 4.69) is 267 Å². The highest BCUT2D eigenvalue weighted by Gasteiger charge is 2.53. The molecule has 2 spiro atoms. The Bertz CT molecular complexity index is 4120. The van der Waals surface area contributed by atoms with Crippen LogP contribution in [-0.4, -0.2) is 0 Å². The van der Waals surface area contributed by atoms with Gasteiger partial charge in [0, 0.05) is 44.6 Å². The molecule has 0 atom stereocenters. The molecule has 3 aliphatic carbocycles. The maximum atomic E-state index is 6.76. The quantitative estimate of drug-likeness (QED) is 0.175. The SMILES string of the molecule is CC1(C)c2ccccc2-c2ccc(N(c3cccc(-c4cccc5c4-c4ccccc4C54c5ccccc5Oc5ccccc54)c3)c3cccc4c3-c3ccccc3C43c4ccccc4Oc4ccccc43)cc21. The first-order valence-electron chi connectivity index (χ1n) is 25.8. The van der Waals surface area contributed by atoms with E-state index in [9.17, 15) is 0 Å². The molecule has 74 heavy (non-hydrogen) atoms. The molecule has 0 radical (unpaired) electrons. The van der Waals surface area contributed by atoms with Crippen molar-refractivity contribution in [3.63, 3.8) is 0 Å². The van der Waals surface area contributed by atoms with Crippen LogP contribution in [0.5, 0.6) is 23.0 Å². The number of nitrogens with zero attached hydrogens (tertiary/aromatic N) is 1. The molecule has 0 unspecified atom stereocenters. The van der Waals surface area contributed by atoms with Gasteiger partial charge in [0.15, 0.2) is 0 Å². The smallest absolute Gasteiger partial charge is 0.132 e. The van der Waals surface area contributed by atoms with Gasteiger partial charge in [0.05, 0.1) is 16.5 Å². The summed E-state index contributed by atoms with van der Waals surface area (Å²) in [4.78, 5) is 2.54. The van der Waals surface area contributed by atoms with Crippen molar-refractivity contribution in [2.24, 2.45) is 0 Å². The molecule has 348 valence electrons. The maximum absolute atomic E-state index is 6.76. The van der Waals surface area contributed by atoms with E-state index < -0.39 is 10.8 Å². The zero-order valence-electron chi connectivity index (χ0n) is 40.9. The molecule has 0 amide bonds. The van der Waals surface area contributed by atoms with Gasteiger partial charge in [0.25, 0.3) is 0 Å². The Kier molecular flexibility index (Phi) is 8.37. The molecule has 2 heterocycles. The van der Waals surface area contributed by atoms with E-state index in [1.165, 1.54) is 72.3 Å².